The smallest absolute Gasteiger partial charge is 0.251 e. The topological polar surface area (TPSA) is 110 Å². The summed E-state index contributed by atoms with van der Waals surface area (Å²) in [5.41, 5.74) is 1.19. The Hall–Kier alpha value is -2.71. The van der Waals surface area contributed by atoms with Crippen molar-refractivity contribution in [3.8, 4) is 0 Å². The van der Waals surface area contributed by atoms with Crippen LogP contribution in [0.15, 0.2) is 59.5 Å². The normalized spacial score (nSPS) is 13.4. The summed E-state index contributed by atoms with van der Waals surface area (Å²) in [6.45, 7) is 3.56. The van der Waals surface area contributed by atoms with Crippen LogP contribution in [-0.2, 0) is 14.8 Å². The highest BCUT2D eigenvalue weighted by Gasteiger charge is 2.21. The third kappa shape index (κ3) is 5.64. The summed E-state index contributed by atoms with van der Waals surface area (Å²) in [5, 5.41) is 7.98. The first kappa shape index (κ1) is 21.6. The molecule has 2 amide bonds. The first-order chi connectivity index (χ1) is 13.1. The van der Waals surface area contributed by atoms with Gasteiger partial charge in [-0.2, -0.15) is 0 Å². The average molecular weight is 404 g/mol. The van der Waals surface area contributed by atoms with Gasteiger partial charge < -0.3 is 10.2 Å². The Bertz CT molecular complexity index is 945. The number of benzene rings is 2. The minimum absolute atomic E-state index is 0.00110. The van der Waals surface area contributed by atoms with Crippen LogP contribution in [0.2, 0.25) is 0 Å². The third-order valence-electron chi connectivity index (χ3n) is 4.54. The Morgan fingerprint density at radius 1 is 1.07 bits per heavy atom. The summed E-state index contributed by atoms with van der Waals surface area (Å²) in [4.78, 5) is 26.3. The number of primary sulfonamides is 1. The molecule has 0 aliphatic carbocycles. The van der Waals surface area contributed by atoms with Crippen LogP contribution < -0.4 is 10.5 Å². The molecule has 2 aromatic rings. The molecule has 3 N–H and O–H groups in total. The van der Waals surface area contributed by atoms with E-state index in [-0.39, 0.29) is 35.2 Å². The molecule has 2 atom stereocenters. The maximum Gasteiger partial charge on any atom is 0.251 e. The molecule has 150 valence electrons. The average Bonchev–Trinajstić information content (AvgIpc) is 2.66. The molecule has 0 heterocycles. The summed E-state index contributed by atoms with van der Waals surface area (Å²) in [6, 6.07) is 14.3. The van der Waals surface area contributed by atoms with Gasteiger partial charge in [0, 0.05) is 25.1 Å². The van der Waals surface area contributed by atoms with Gasteiger partial charge in [0.25, 0.3) is 5.91 Å². The first-order valence-electron chi connectivity index (χ1n) is 8.84. The van der Waals surface area contributed by atoms with E-state index < -0.39 is 10.0 Å². The number of sulfonamides is 1. The van der Waals surface area contributed by atoms with Crippen LogP contribution in [0.3, 0.4) is 0 Å². The fraction of sp³-hybridized carbons (Fsp3) is 0.300. The molecule has 7 nitrogen and oxygen atoms in total. The van der Waals surface area contributed by atoms with Crippen molar-refractivity contribution in [1.29, 1.82) is 0 Å². The van der Waals surface area contributed by atoms with Crippen molar-refractivity contribution in [1.82, 2.24) is 10.2 Å². The second-order valence-corrected chi connectivity index (χ2v) is 8.30. The molecule has 0 bridgehead atoms. The SMILES string of the molecule is CC(CC(=O)N(C)C(C)c1cccc(S(N)(=O)=O)c1)NC(=O)c1ccccc1. The molecule has 8 heteroatoms. The summed E-state index contributed by atoms with van der Waals surface area (Å²) in [7, 11) is -2.17. The molecular weight excluding hydrogens is 378 g/mol. The van der Waals surface area contributed by atoms with Gasteiger partial charge in [0.15, 0.2) is 0 Å². The molecule has 2 rings (SSSR count). The summed E-state index contributed by atoms with van der Waals surface area (Å²) in [5.74, 6) is -0.410. The van der Waals surface area contributed by atoms with Crippen LogP contribution in [-0.4, -0.2) is 38.2 Å². The highest BCUT2D eigenvalue weighted by Crippen LogP contribution is 2.22. The molecule has 0 spiro atoms. The molecule has 28 heavy (non-hydrogen) atoms. The lowest BCUT2D eigenvalue weighted by Crippen LogP contribution is -2.38. The first-order valence-corrected chi connectivity index (χ1v) is 10.4. The minimum Gasteiger partial charge on any atom is -0.349 e. The van der Waals surface area contributed by atoms with E-state index in [2.05, 4.69) is 5.32 Å². The zero-order valence-electron chi connectivity index (χ0n) is 16.1. The van der Waals surface area contributed by atoms with Crippen molar-refractivity contribution in [3.63, 3.8) is 0 Å². The predicted octanol–water partition coefficient (Wildman–Crippen LogP) is 2.06. The van der Waals surface area contributed by atoms with Crippen molar-refractivity contribution in [2.45, 2.75) is 37.2 Å². The van der Waals surface area contributed by atoms with Gasteiger partial charge in [-0.15, -0.1) is 0 Å². The van der Waals surface area contributed by atoms with Crippen molar-refractivity contribution in [2.75, 3.05) is 7.05 Å². The number of nitrogens with zero attached hydrogens (tertiary/aromatic N) is 1. The molecule has 2 unspecified atom stereocenters. The number of hydrogen-bond acceptors (Lipinski definition) is 4. The summed E-state index contributed by atoms with van der Waals surface area (Å²) in [6.07, 6.45) is 0.119. The van der Waals surface area contributed by atoms with Crippen LogP contribution in [0.5, 0.6) is 0 Å². The third-order valence-corrected chi connectivity index (χ3v) is 5.45. The van der Waals surface area contributed by atoms with Crippen molar-refractivity contribution in [3.05, 3.63) is 65.7 Å². The number of nitrogens with one attached hydrogen (secondary N) is 1. The van der Waals surface area contributed by atoms with Gasteiger partial charge in [0.05, 0.1) is 10.9 Å². The van der Waals surface area contributed by atoms with Crippen LogP contribution in [0, 0.1) is 0 Å². The fourth-order valence-electron chi connectivity index (χ4n) is 2.74. The predicted molar refractivity (Wildman–Crippen MR) is 107 cm³/mol. The molecular formula is C20H25N3O4S. The molecule has 0 fully saturated rings. The second-order valence-electron chi connectivity index (χ2n) is 6.74. The number of carbonyl (C=O) groups excluding carboxylic acids is 2. The Labute approximate surface area is 165 Å². The maximum absolute atomic E-state index is 12.6. The highest BCUT2D eigenvalue weighted by molar-refractivity contribution is 7.89. The van der Waals surface area contributed by atoms with Crippen LogP contribution in [0.4, 0.5) is 0 Å². The van der Waals surface area contributed by atoms with E-state index >= 15 is 0 Å². The zero-order valence-corrected chi connectivity index (χ0v) is 16.9. The molecule has 0 aliphatic heterocycles. The highest BCUT2D eigenvalue weighted by atomic mass is 32.2. The quantitative estimate of drug-likeness (QED) is 0.737. The van der Waals surface area contributed by atoms with Gasteiger partial charge in [0.2, 0.25) is 15.9 Å². The number of amides is 2. The van der Waals surface area contributed by atoms with Crippen LogP contribution >= 0.6 is 0 Å². The number of carbonyl (C=O) groups is 2. The Kier molecular flexibility index (Phi) is 6.93. The zero-order chi connectivity index (χ0) is 20.9. The Morgan fingerprint density at radius 2 is 1.71 bits per heavy atom. The van der Waals surface area contributed by atoms with E-state index in [0.717, 1.165) is 0 Å². The number of hydrogen-bond donors (Lipinski definition) is 2. The molecule has 0 aromatic heterocycles. The number of nitrogens with two attached hydrogens (primary N) is 1. The monoisotopic (exact) mass is 403 g/mol. The Morgan fingerprint density at radius 3 is 2.32 bits per heavy atom. The van der Waals surface area contributed by atoms with Gasteiger partial charge in [0.1, 0.15) is 0 Å². The van der Waals surface area contributed by atoms with E-state index in [4.69, 9.17) is 5.14 Å². The molecule has 0 saturated carbocycles. The van der Waals surface area contributed by atoms with Gasteiger partial charge in [-0.05, 0) is 43.7 Å². The summed E-state index contributed by atoms with van der Waals surface area (Å²) >= 11 is 0. The molecule has 2 aromatic carbocycles. The van der Waals surface area contributed by atoms with Gasteiger partial charge in [-0.3, -0.25) is 9.59 Å². The van der Waals surface area contributed by atoms with E-state index in [1.54, 1.807) is 57.3 Å². The molecule has 0 radical (unpaired) electrons. The largest absolute Gasteiger partial charge is 0.349 e. The fourth-order valence-corrected chi connectivity index (χ4v) is 3.31. The lowest BCUT2D eigenvalue weighted by Gasteiger charge is -2.27. The lowest BCUT2D eigenvalue weighted by atomic mass is 10.1. The van der Waals surface area contributed by atoms with E-state index in [0.29, 0.717) is 11.1 Å². The van der Waals surface area contributed by atoms with E-state index in [1.165, 1.54) is 17.0 Å². The van der Waals surface area contributed by atoms with Crippen molar-refractivity contribution >= 4 is 21.8 Å². The van der Waals surface area contributed by atoms with Crippen LogP contribution in [0.25, 0.3) is 0 Å². The van der Waals surface area contributed by atoms with Crippen molar-refractivity contribution < 1.29 is 18.0 Å². The van der Waals surface area contributed by atoms with E-state index in [1.807, 2.05) is 6.07 Å². The van der Waals surface area contributed by atoms with Gasteiger partial charge in [-0.1, -0.05) is 30.3 Å². The number of rotatable bonds is 7. The minimum atomic E-state index is -3.81. The Balaban J connectivity index is 2.01. The van der Waals surface area contributed by atoms with Gasteiger partial charge >= 0.3 is 0 Å². The van der Waals surface area contributed by atoms with Crippen LogP contribution in [0.1, 0.15) is 42.2 Å². The maximum atomic E-state index is 12.6. The molecule has 0 aliphatic rings. The lowest BCUT2D eigenvalue weighted by molar-refractivity contribution is -0.132. The van der Waals surface area contributed by atoms with Crippen molar-refractivity contribution in [2.24, 2.45) is 5.14 Å². The standard InChI is InChI=1S/C20H25N3O4S/c1-14(22-20(25)16-8-5-4-6-9-16)12-19(24)23(3)15(2)17-10-7-11-18(13-17)28(21,26)27/h4-11,13-15H,12H2,1-3H3,(H,22,25)(H2,21,26,27). The van der Waals surface area contributed by atoms with Gasteiger partial charge in [-0.25, -0.2) is 13.6 Å². The van der Waals surface area contributed by atoms with E-state index in [9.17, 15) is 18.0 Å². The molecule has 0 saturated heterocycles. The summed E-state index contributed by atoms with van der Waals surface area (Å²) < 4.78 is 23.1. The second kappa shape index (κ2) is 8.99.